The summed E-state index contributed by atoms with van der Waals surface area (Å²) in [5.74, 6) is 0. The van der Waals surface area contributed by atoms with Crippen molar-refractivity contribution in [2.24, 2.45) is 0 Å². The SMILES string of the molecule is C/C=C(C)/C=C(/C=C\CC)CC. The van der Waals surface area contributed by atoms with E-state index >= 15 is 0 Å². The Morgan fingerprint density at radius 2 is 1.92 bits per heavy atom. The van der Waals surface area contributed by atoms with Gasteiger partial charge in [0.1, 0.15) is 0 Å². The van der Waals surface area contributed by atoms with Gasteiger partial charge in [0.25, 0.3) is 0 Å². The van der Waals surface area contributed by atoms with Gasteiger partial charge >= 0.3 is 0 Å². The topological polar surface area (TPSA) is 0 Å². The second-order valence-electron chi connectivity index (χ2n) is 2.92. The minimum Gasteiger partial charge on any atom is -0.0847 e. The van der Waals surface area contributed by atoms with Gasteiger partial charge in [-0.3, -0.25) is 0 Å². The molecule has 0 spiro atoms. The van der Waals surface area contributed by atoms with E-state index in [1.807, 2.05) is 0 Å². The molecule has 0 rings (SSSR count). The van der Waals surface area contributed by atoms with Crippen molar-refractivity contribution in [2.45, 2.75) is 40.5 Å². The minimum absolute atomic E-state index is 1.11. The monoisotopic (exact) mass is 164 g/mol. The Bertz CT molecular complexity index is 192. The van der Waals surface area contributed by atoms with E-state index in [4.69, 9.17) is 0 Å². The molecule has 0 bridgehead atoms. The number of hydrogen-bond donors (Lipinski definition) is 0. The molecular weight excluding hydrogens is 144 g/mol. The van der Waals surface area contributed by atoms with E-state index in [2.05, 4.69) is 52.0 Å². The summed E-state index contributed by atoms with van der Waals surface area (Å²) in [4.78, 5) is 0. The maximum absolute atomic E-state index is 2.24. The van der Waals surface area contributed by atoms with Gasteiger partial charge in [0.15, 0.2) is 0 Å². The molecule has 0 aliphatic carbocycles. The number of hydrogen-bond acceptors (Lipinski definition) is 0. The zero-order valence-corrected chi connectivity index (χ0v) is 8.72. The normalized spacial score (nSPS) is 14.3. The zero-order valence-electron chi connectivity index (χ0n) is 8.72. The van der Waals surface area contributed by atoms with Crippen LogP contribution in [0.15, 0.2) is 35.5 Å². The third-order valence-corrected chi connectivity index (χ3v) is 1.84. The molecule has 0 aromatic rings. The summed E-state index contributed by atoms with van der Waals surface area (Å²) in [6.45, 7) is 8.55. The molecule has 0 aromatic heterocycles. The van der Waals surface area contributed by atoms with Crippen LogP contribution in [0.3, 0.4) is 0 Å². The van der Waals surface area contributed by atoms with Gasteiger partial charge in [-0.05, 0) is 32.3 Å². The third kappa shape index (κ3) is 4.95. The number of allylic oxidation sites excluding steroid dienone is 6. The van der Waals surface area contributed by atoms with Gasteiger partial charge < -0.3 is 0 Å². The quantitative estimate of drug-likeness (QED) is 0.545. The molecule has 0 fully saturated rings. The second kappa shape index (κ2) is 6.90. The largest absolute Gasteiger partial charge is 0.0847 e. The van der Waals surface area contributed by atoms with Crippen LogP contribution in [0.1, 0.15) is 40.5 Å². The van der Waals surface area contributed by atoms with Crippen molar-refractivity contribution in [1.29, 1.82) is 0 Å². The average Bonchev–Trinajstić information content (AvgIpc) is 2.11. The predicted octanol–water partition coefficient (Wildman–Crippen LogP) is 4.26. The Balaban J connectivity index is 4.33. The smallest absolute Gasteiger partial charge is 0.0307 e. The molecule has 0 heteroatoms. The minimum atomic E-state index is 1.11. The van der Waals surface area contributed by atoms with Crippen molar-refractivity contribution in [3.63, 3.8) is 0 Å². The van der Waals surface area contributed by atoms with Crippen molar-refractivity contribution >= 4 is 0 Å². The maximum Gasteiger partial charge on any atom is -0.0307 e. The molecule has 0 heterocycles. The van der Waals surface area contributed by atoms with Gasteiger partial charge in [-0.2, -0.15) is 0 Å². The molecule has 0 unspecified atom stereocenters. The molecule has 0 N–H and O–H groups in total. The van der Waals surface area contributed by atoms with E-state index in [9.17, 15) is 0 Å². The fraction of sp³-hybridized carbons (Fsp3) is 0.500. The summed E-state index contributed by atoms with van der Waals surface area (Å²) in [6.07, 6.45) is 11.0. The molecule has 0 nitrogen and oxygen atoms in total. The summed E-state index contributed by atoms with van der Waals surface area (Å²) in [6, 6.07) is 0. The summed E-state index contributed by atoms with van der Waals surface area (Å²) < 4.78 is 0. The summed E-state index contributed by atoms with van der Waals surface area (Å²) in [5, 5.41) is 0. The second-order valence-corrected chi connectivity index (χ2v) is 2.92. The van der Waals surface area contributed by atoms with E-state index in [1.54, 1.807) is 0 Å². The average molecular weight is 164 g/mol. The van der Waals surface area contributed by atoms with Crippen molar-refractivity contribution in [1.82, 2.24) is 0 Å². The molecule has 0 aliphatic heterocycles. The van der Waals surface area contributed by atoms with Crippen LogP contribution in [-0.2, 0) is 0 Å². The Morgan fingerprint density at radius 1 is 1.25 bits per heavy atom. The Kier molecular flexibility index (Phi) is 6.45. The molecule has 0 amide bonds. The Hall–Kier alpha value is -0.780. The van der Waals surface area contributed by atoms with Gasteiger partial charge in [-0.15, -0.1) is 0 Å². The molecule has 0 radical (unpaired) electrons. The maximum atomic E-state index is 2.24. The lowest BCUT2D eigenvalue weighted by molar-refractivity contribution is 1.13. The van der Waals surface area contributed by atoms with E-state index in [-0.39, 0.29) is 0 Å². The molecule has 0 saturated heterocycles. The van der Waals surface area contributed by atoms with Crippen LogP contribution in [0.5, 0.6) is 0 Å². The van der Waals surface area contributed by atoms with Gasteiger partial charge in [0.2, 0.25) is 0 Å². The fourth-order valence-corrected chi connectivity index (χ4v) is 0.913. The Labute approximate surface area is 76.7 Å². The molecule has 12 heavy (non-hydrogen) atoms. The first kappa shape index (κ1) is 11.2. The Morgan fingerprint density at radius 3 is 2.33 bits per heavy atom. The van der Waals surface area contributed by atoms with E-state index in [0.29, 0.717) is 0 Å². The van der Waals surface area contributed by atoms with Crippen molar-refractivity contribution in [3.05, 3.63) is 35.5 Å². The summed E-state index contributed by atoms with van der Waals surface area (Å²) >= 11 is 0. The van der Waals surface area contributed by atoms with Crippen molar-refractivity contribution < 1.29 is 0 Å². The van der Waals surface area contributed by atoms with Crippen LogP contribution in [0, 0.1) is 0 Å². The molecule has 0 saturated carbocycles. The first-order valence-electron chi connectivity index (χ1n) is 4.74. The van der Waals surface area contributed by atoms with Gasteiger partial charge in [-0.1, -0.05) is 43.7 Å². The van der Waals surface area contributed by atoms with Crippen LogP contribution >= 0.6 is 0 Å². The summed E-state index contributed by atoms with van der Waals surface area (Å²) in [5.41, 5.74) is 2.75. The van der Waals surface area contributed by atoms with Crippen LogP contribution in [-0.4, -0.2) is 0 Å². The van der Waals surface area contributed by atoms with E-state index in [1.165, 1.54) is 11.1 Å². The lowest BCUT2D eigenvalue weighted by Gasteiger charge is -1.97. The standard InChI is InChI=1S/C12H20/c1-5-8-9-12(7-3)10-11(4)6-2/h6,8-10H,5,7H2,1-4H3/b9-8-,11-6+,12-10+. The molecule has 0 aliphatic rings. The van der Waals surface area contributed by atoms with E-state index in [0.717, 1.165) is 12.8 Å². The highest BCUT2D eigenvalue weighted by atomic mass is 13.9. The zero-order chi connectivity index (χ0) is 9.40. The molecular formula is C12H20. The van der Waals surface area contributed by atoms with Crippen LogP contribution < -0.4 is 0 Å². The van der Waals surface area contributed by atoms with Crippen molar-refractivity contribution in [2.75, 3.05) is 0 Å². The van der Waals surface area contributed by atoms with Crippen molar-refractivity contribution in [3.8, 4) is 0 Å². The summed E-state index contributed by atoms with van der Waals surface area (Å²) in [7, 11) is 0. The highest BCUT2D eigenvalue weighted by Gasteiger charge is 1.87. The van der Waals surface area contributed by atoms with Gasteiger partial charge in [0, 0.05) is 0 Å². The van der Waals surface area contributed by atoms with Gasteiger partial charge in [0.05, 0.1) is 0 Å². The van der Waals surface area contributed by atoms with Crippen LogP contribution in [0.25, 0.3) is 0 Å². The highest BCUT2D eigenvalue weighted by Crippen LogP contribution is 2.07. The predicted molar refractivity (Wildman–Crippen MR) is 57.2 cm³/mol. The van der Waals surface area contributed by atoms with E-state index < -0.39 is 0 Å². The fourth-order valence-electron chi connectivity index (χ4n) is 0.913. The third-order valence-electron chi connectivity index (χ3n) is 1.84. The number of rotatable bonds is 4. The van der Waals surface area contributed by atoms with Gasteiger partial charge in [-0.25, -0.2) is 0 Å². The lowest BCUT2D eigenvalue weighted by Crippen LogP contribution is -1.76. The van der Waals surface area contributed by atoms with Crippen LogP contribution in [0.2, 0.25) is 0 Å². The lowest BCUT2D eigenvalue weighted by atomic mass is 10.1. The molecule has 68 valence electrons. The molecule has 0 aromatic carbocycles. The highest BCUT2D eigenvalue weighted by molar-refractivity contribution is 5.28. The molecule has 0 atom stereocenters. The van der Waals surface area contributed by atoms with Crippen LogP contribution in [0.4, 0.5) is 0 Å². The first-order valence-corrected chi connectivity index (χ1v) is 4.74. The first-order chi connectivity index (χ1) is 5.74.